The Labute approximate surface area is 123 Å². The van der Waals surface area contributed by atoms with Gasteiger partial charge in [-0.2, -0.15) is 0 Å². The third-order valence-electron chi connectivity index (χ3n) is 4.03. The summed E-state index contributed by atoms with van der Waals surface area (Å²) in [6.45, 7) is 2.65. The number of hydrogen-bond donors (Lipinski definition) is 3. The van der Waals surface area contributed by atoms with Gasteiger partial charge in [0.2, 0.25) is 5.91 Å². The topological polar surface area (TPSA) is 78.6 Å². The Morgan fingerprint density at radius 3 is 3.00 bits per heavy atom. The number of nitrogens with one attached hydrogen (secondary N) is 1. The molecule has 2 unspecified atom stereocenters. The lowest BCUT2D eigenvalue weighted by molar-refractivity contribution is -0.122. The molecular weight excluding hydrogens is 273 g/mol. The van der Waals surface area contributed by atoms with Crippen LogP contribution in [-0.2, 0) is 4.79 Å². The highest BCUT2D eigenvalue weighted by Gasteiger charge is 2.29. The first kappa shape index (κ1) is 15.7. The van der Waals surface area contributed by atoms with Crippen molar-refractivity contribution in [2.24, 2.45) is 0 Å². The Hall–Kier alpha value is -1.66. The summed E-state index contributed by atoms with van der Waals surface area (Å²) in [5.74, 6) is -0.636. The fraction of sp³-hybridized carbons (Fsp3) is 0.533. The second-order valence-corrected chi connectivity index (χ2v) is 5.47. The molecule has 0 spiro atoms. The van der Waals surface area contributed by atoms with Crippen LogP contribution in [0.15, 0.2) is 18.2 Å². The molecule has 1 heterocycles. The molecular formula is C15H22FN3O2. The van der Waals surface area contributed by atoms with E-state index in [2.05, 4.69) is 5.32 Å². The van der Waals surface area contributed by atoms with E-state index in [1.54, 1.807) is 0 Å². The van der Waals surface area contributed by atoms with Crippen LogP contribution in [0.2, 0.25) is 0 Å². The van der Waals surface area contributed by atoms with E-state index in [0.717, 1.165) is 25.8 Å². The highest BCUT2D eigenvalue weighted by atomic mass is 19.1. The molecule has 21 heavy (non-hydrogen) atoms. The van der Waals surface area contributed by atoms with Gasteiger partial charge < -0.3 is 16.2 Å². The predicted octanol–water partition coefficient (Wildman–Crippen LogP) is 1.58. The molecule has 2 atom stereocenters. The van der Waals surface area contributed by atoms with E-state index in [4.69, 9.17) is 5.73 Å². The SMILES string of the molecule is CC(C(=O)Nc1ccc(F)cc1N)N1CCCCC1CO. The monoisotopic (exact) mass is 295 g/mol. The van der Waals surface area contributed by atoms with E-state index in [9.17, 15) is 14.3 Å². The van der Waals surface area contributed by atoms with Gasteiger partial charge in [0.15, 0.2) is 0 Å². The number of amides is 1. The summed E-state index contributed by atoms with van der Waals surface area (Å²) in [5, 5.41) is 12.1. The van der Waals surface area contributed by atoms with Crippen LogP contribution in [0, 0.1) is 5.82 Å². The van der Waals surface area contributed by atoms with E-state index in [0.29, 0.717) is 5.69 Å². The molecule has 6 heteroatoms. The van der Waals surface area contributed by atoms with Gasteiger partial charge in [0.25, 0.3) is 0 Å². The molecule has 0 radical (unpaired) electrons. The molecule has 1 aliphatic rings. The average molecular weight is 295 g/mol. The van der Waals surface area contributed by atoms with Crippen molar-refractivity contribution >= 4 is 17.3 Å². The molecule has 1 fully saturated rings. The quantitative estimate of drug-likeness (QED) is 0.737. The highest BCUT2D eigenvalue weighted by molar-refractivity contribution is 5.97. The molecule has 0 aliphatic carbocycles. The summed E-state index contributed by atoms with van der Waals surface area (Å²) >= 11 is 0. The Morgan fingerprint density at radius 1 is 1.57 bits per heavy atom. The normalized spacial score (nSPS) is 21.0. The Bertz CT molecular complexity index is 510. The fourth-order valence-electron chi connectivity index (χ4n) is 2.76. The number of nitrogens with two attached hydrogens (primary N) is 1. The number of anilines is 2. The van der Waals surface area contributed by atoms with E-state index in [-0.39, 0.29) is 30.3 Å². The van der Waals surface area contributed by atoms with Crippen molar-refractivity contribution in [1.82, 2.24) is 4.90 Å². The fourth-order valence-corrected chi connectivity index (χ4v) is 2.76. The van der Waals surface area contributed by atoms with Crippen LogP contribution in [0.4, 0.5) is 15.8 Å². The lowest BCUT2D eigenvalue weighted by Crippen LogP contribution is -2.51. The van der Waals surface area contributed by atoms with Crippen LogP contribution in [0.5, 0.6) is 0 Å². The van der Waals surface area contributed by atoms with Gasteiger partial charge >= 0.3 is 0 Å². The van der Waals surface area contributed by atoms with Crippen molar-refractivity contribution in [3.63, 3.8) is 0 Å². The van der Waals surface area contributed by atoms with Gasteiger partial charge in [-0.05, 0) is 44.5 Å². The van der Waals surface area contributed by atoms with E-state index in [1.165, 1.54) is 18.2 Å². The Balaban J connectivity index is 2.04. The standard InChI is InChI=1S/C15H22FN3O2/c1-10(19-7-3-2-4-12(19)9-20)15(21)18-14-6-5-11(16)8-13(14)17/h5-6,8,10,12,20H,2-4,7,9,17H2,1H3,(H,18,21). The smallest absolute Gasteiger partial charge is 0.241 e. The van der Waals surface area contributed by atoms with Crippen molar-refractivity contribution in [2.45, 2.75) is 38.3 Å². The number of piperidine rings is 1. The maximum absolute atomic E-state index is 13.0. The number of hydrogen-bond acceptors (Lipinski definition) is 4. The van der Waals surface area contributed by atoms with Gasteiger partial charge in [-0.1, -0.05) is 6.42 Å². The second-order valence-electron chi connectivity index (χ2n) is 5.47. The van der Waals surface area contributed by atoms with Crippen molar-refractivity contribution in [3.8, 4) is 0 Å². The number of carbonyl (C=O) groups is 1. The molecule has 0 bridgehead atoms. The highest BCUT2D eigenvalue weighted by Crippen LogP contribution is 2.22. The largest absolute Gasteiger partial charge is 0.397 e. The number of nitrogen functional groups attached to an aromatic ring is 1. The second kappa shape index (κ2) is 6.87. The molecule has 116 valence electrons. The predicted molar refractivity (Wildman–Crippen MR) is 80.3 cm³/mol. The van der Waals surface area contributed by atoms with Crippen LogP contribution in [0.1, 0.15) is 26.2 Å². The molecule has 0 aromatic heterocycles. The zero-order valence-electron chi connectivity index (χ0n) is 12.2. The average Bonchev–Trinajstić information content (AvgIpc) is 2.49. The zero-order chi connectivity index (χ0) is 15.4. The van der Waals surface area contributed by atoms with Crippen LogP contribution in [-0.4, -0.2) is 41.1 Å². The lowest BCUT2D eigenvalue weighted by Gasteiger charge is -2.38. The molecule has 1 aromatic carbocycles. The summed E-state index contributed by atoms with van der Waals surface area (Å²) in [6.07, 6.45) is 2.99. The minimum absolute atomic E-state index is 0.0186. The third-order valence-corrected chi connectivity index (χ3v) is 4.03. The van der Waals surface area contributed by atoms with E-state index >= 15 is 0 Å². The number of aliphatic hydroxyl groups is 1. The minimum Gasteiger partial charge on any atom is -0.397 e. The minimum atomic E-state index is -0.435. The molecule has 4 N–H and O–H groups in total. The van der Waals surface area contributed by atoms with Crippen LogP contribution < -0.4 is 11.1 Å². The maximum atomic E-state index is 13.0. The Morgan fingerprint density at radius 2 is 2.33 bits per heavy atom. The van der Waals surface area contributed by atoms with Crippen LogP contribution >= 0.6 is 0 Å². The number of nitrogens with zero attached hydrogens (tertiary/aromatic N) is 1. The molecule has 1 amide bonds. The molecule has 5 nitrogen and oxygen atoms in total. The van der Waals surface area contributed by atoms with Crippen molar-refractivity contribution in [2.75, 3.05) is 24.2 Å². The third kappa shape index (κ3) is 3.71. The zero-order valence-corrected chi connectivity index (χ0v) is 12.2. The van der Waals surface area contributed by atoms with Gasteiger partial charge in [0.1, 0.15) is 5.82 Å². The molecule has 1 saturated heterocycles. The van der Waals surface area contributed by atoms with Gasteiger partial charge in [-0.25, -0.2) is 4.39 Å². The first-order valence-corrected chi connectivity index (χ1v) is 7.25. The summed E-state index contributed by atoms with van der Waals surface area (Å²) in [5.41, 5.74) is 6.30. The summed E-state index contributed by atoms with van der Waals surface area (Å²) < 4.78 is 13.0. The first-order valence-electron chi connectivity index (χ1n) is 7.25. The molecule has 0 saturated carbocycles. The van der Waals surface area contributed by atoms with E-state index < -0.39 is 5.82 Å². The maximum Gasteiger partial charge on any atom is 0.241 e. The van der Waals surface area contributed by atoms with Crippen LogP contribution in [0.25, 0.3) is 0 Å². The Kier molecular flexibility index (Phi) is 5.14. The van der Waals surface area contributed by atoms with Crippen molar-refractivity contribution in [1.29, 1.82) is 0 Å². The van der Waals surface area contributed by atoms with Gasteiger partial charge in [-0.3, -0.25) is 9.69 Å². The number of halogens is 1. The van der Waals surface area contributed by atoms with Gasteiger partial charge in [0.05, 0.1) is 24.0 Å². The van der Waals surface area contributed by atoms with Crippen molar-refractivity contribution in [3.05, 3.63) is 24.0 Å². The number of benzene rings is 1. The first-order chi connectivity index (χ1) is 10.0. The molecule has 2 rings (SSSR count). The number of aliphatic hydroxyl groups excluding tert-OH is 1. The van der Waals surface area contributed by atoms with Gasteiger partial charge in [-0.15, -0.1) is 0 Å². The van der Waals surface area contributed by atoms with Crippen molar-refractivity contribution < 1.29 is 14.3 Å². The molecule has 1 aliphatic heterocycles. The van der Waals surface area contributed by atoms with Crippen LogP contribution in [0.3, 0.4) is 0 Å². The van der Waals surface area contributed by atoms with E-state index in [1.807, 2.05) is 11.8 Å². The number of carbonyl (C=O) groups excluding carboxylic acids is 1. The number of likely N-dealkylation sites (tertiary alicyclic amines) is 1. The molecule has 1 aromatic rings. The summed E-state index contributed by atoms with van der Waals surface area (Å²) in [4.78, 5) is 14.3. The lowest BCUT2D eigenvalue weighted by atomic mass is 10.0. The summed E-state index contributed by atoms with van der Waals surface area (Å²) in [7, 11) is 0. The number of rotatable bonds is 4. The summed E-state index contributed by atoms with van der Waals surface area (Å²) in [6, 6.07) is 3.54. The van der Waals surface area contributed by atoms with Gasteiger partial charge in [0, 0.05) is 6.04 Å².